The molecule has 3 rings (SSSR count). The second-order valence-corrected chi connectivity index (χ2v) is 5.48. The molecule has 1 aliphatic heterocycles. The van der Waals surface area contributed by atoms with Crippen LogP contribution in [0.3, 0.4) is 0 Å². The number of hydrogen-bond acceptors (Lipinski definition) is 5. The van der Waals surface area contributed by atoms with Crippen molar-refractivity contribution in [2.24, 2.45) is 0 Å². The van der Waals surface area contributed by atoms with E-state index in [-0.39, 0.29) is 12.0 Å². The van der Waals surface area contributed by atoms with Crippen molar-refractivity contribution in [3.63, 3.8) is 0 Å². The van der Waals surface area contributed by atoms with Gasteiger partial charge in [0.1, 0.15) is 11.9 Å². The molecule has 0 aliphatic carbocycles. The first kappa shape index (κ1) is 16.0. The smallest absolute Gasteiger partial charge is 0.246 e. The lowest BCUT2D eigenvalue weighted by atomic mass is 10.2. The molecule has 1 saturated heterocycles. The van der Waals surface area contributed by atoms with E-state index >= 15 is 0 Å². The van der Waals surface area contributed by atoms with Crippen LogP contribution in [0.2, 0.25) is 0 Å². The summed E-state index contributed by atoms with van der Waals surface area (Å²) in [5.74, 6) is 1.27. The molecule has 1 aromatic heterocycles. The van der Waals surface area contributed by atoms with Gasteiger partial charge in [-0.1, -0.05) is 12.1 Å². The van der Waals surface area contributed by atoms with Crippen molar-refractivity contribution >= 4 is 12.0 Å². The summed E-state index contributed by atoms with van der Waals surface area (Å²) in [6.07, 6.45) is 5.74. The summed E-state index contributed by atoms with van der Waals surface area (Å²) in [6, 6.07) is 11.1. The van der Waals surface area contributed by atoms with Crippen LogP contribution in [0.25, 0.3) is 6.08 Å². The fourth-order valence-electron chi connectivity index (χ4n) is 2.53. The Kier molecular flexibility index (Phi) is 5.05. The Morgan fingerprint density at radius 2 is 2.12 bits per heavy atom. The molecule has 1 amide bonds. The first-order valence-electron chi connectivity index (χ1n) is 7.80. The van der Waals surface area contributed by atoms with Gasteiger partial charge >= 0.3 is 0 Å². The molecule has 0 bridgehead atoms. The second-order valence-electron chi connectivity index (χ2n) is 5.48. The third-order valence-electron chi connectivity index (χ3n) is 3.83. The number of rotatable bonds is 5. The van der Waals surface area contributed by atoms with Crippen LogP contribution in [-0.4, -0.2) is 47.3 Å². The van der Waals surface area contributed by atoms with Crippen LogP contribution in [0.15, 0.2) is 48.7 Å². The van der Waals surface area contributed by atoms with E-state index < -0.39 is 0 Å². The molecule has 0 radical (unpaired) electrons. The third kappa shape index (κ3) is 4.10. The zero-order chi connectivity index (χ0) is 16.8. The minimum absolute atomic E-state index is 0.0175. The molecular formula is C18H19N3O3. The molecule has 0 N–H and O–H groups in total. The average Bonchev–Trinajstić information content (AvgIpc) is 3.09. The third-order valence-corrected chi connectivity index (χ3v) is 3.83. The Morgan fingerprint density at radius 3 is 2.83 bits per heavy atom. The molecule has 24 heavy (non-hydrogen) atoms. The molecule has 6 nitrogen and oxygen atoms in total. The van der Waals surface area contributed by atoms with E-state index in [4.69, 9.17) is 9.47 Å². The summed E-state index contributed by atoms with van der Waals surface area (Å²) in [4.78, 5) is 14.0. The number of aromatic nitrogens is 2. The fourth-order valence-corrected chi connectivity index (χ4v) is 2.53. The lowest BCUT2D eigenvalue weighted by Crippen LogP contribution is -2.29. The summed E-state index contributed by atoms with van der Waals surface area (Å²) in [5.41, 5.74) is 0.954. The van der Waals surface area contributed by atoms with Crippen molar-refractivity contribution in [3.05, 3.63) is 54.2 Å². The minimum atomic E-state index is -0.0416. The van der Waals surface area contributed by atoms with Crippen molar-refractivity contribution < 1.29 is 14.3 Å². The van der Waals surface area contributed by atoms with E-state index in [2.05, 4.69) is 10.2 Å². The molecule has 1 aromatic carbocycles. The number of carbonyl (C=O) groups excluding carboxylic acids is 1. The van der Waals surface area contributed by atoms with Gasteiger partial charge in [0, 0.05) is 31.3 Å². The van der Waals surface area contributed by atoms with Gasteiger partial charge in [0.2, 0.25) is 11.8 Å². The predicted octanol–water partition coefficient (Wildman–Crippen LogP) is 2.18. The monoisotopic (exact) mass is 325 g/mol. The van der Waals surface area contributed by atoms with Crippen molar-refractivity contribution in [2.75, 3.05) is 20.2 Å². The summed E-state index contributed by atoms with van der Waals surface area (Å²) < 4.78 is 10.9. The molecule has 6 heteroatoms. The minimum Gasteiger partial charge on any atom is -0.497 e. The van der Waals surface area contributed by atoms with Gasteiger partial charge < -0.3 is 14.4 Å². The highest BCUT2D eigenvalue weighted by molar-refractivity contribution is 5.92. The molecule has 1 fully saturated rings. The first-order chi connectivity index (χ1) is 11.7. The molecular weight excluding hydrogens is 306 g/mol. The van der Waals surface area contributed by atoms with Crippen molar-refractivity contribution in [2.45, 2.75) is 12.5 Å². The number of carbonyl (C=O) groups is 1. The molecule has 1 unspecified atom stereocenters. The number of methoxy groups -OCH3 is 1. The van der Waals surface area contributed by atoms with Gasteiger partial charge in [-0.25, -0.2) is 0 Å². The van der Waals surface area contributed by atoms with Crippen LogP contribution < -0.4 is 9.47 Å². The van der Waals surface area contributed by atoms with Gasteiger partial charge in [0.25, 0.3) is 0 Å². The molecule has 2 heterocycles. The first-order valence-corrected chi connectivity index (χ1v) is 7.80. The van der Waals surface area contributed by atoms with Crippen LogP contribution in [0, 0.1) is 0 Å². The van der Waals surface area contributed by atoms with Crippen LogP contribution in [0.1, 0.15) is 12.0 Å². The van der Waals surface area contributed by atoms with Crippen LogP contribution >= 0.6 is 0 Å². The van der Waals surface area contributed by atoms with Gasteiger partial charge in [0.05, 0.1) is 13.7 Å². The summed E-state index contributed by atoms with van der Waals surface area (Å²) in [5, 5.41) is 7.68. The van der Waals surface area contributed by atoms with E-state index in [0.717, 1.165) is 17.7 Å². The molecule has 124 valence electrons. The van der Waals surface area contributed by atoms with Gasteiger partial charge in [-0.15, -0.1) is 5.10 Å². The highest BCUT2D eigenvalue weighted by Gasteiger charge is 2.26. The summed E-state index contributed by atoms with van der Waals surface area (Å²) in [6.45, 7) is 1.24. The van der Waals surface area contributed by atoms with E-state index in [0.29, 0.717) is 19.0 Å². The van der Waals surface area contributed by atoms with Crippen molar-refractivity contribution in [1.29, 1.82) is 0 Å². The van der Waals surface area contributed by atoms with E-state index in [9.17, 15) is 4.79 Å². The lowest BCUT2D eigenvalue weighted by Gasteiger charge is -2.15. The number of amides is 1. The summed E-state index contributed by atoms with van der Waals surface area (Å²) >= 11 is 0. The van der Waals surface area contributed by atoms with Crippen molar-refractivity contribution in [3.8, 4) is 11.6 Å². The number of hydrogen-bond donors (Lipinski definition) is 0. The molecule has 0 saturated carbocycles. The molecule has 0 spiro atoms. The lowest BCUT2D eigenvalue weighted by molar-refractivity contribution is -0.125. The van der Waals surface area contributed by atoms with Crippen LogP contribution in [0.4, 0.5) is 0 Å². The Balaban J connectivity index is 1.53. The maximum atomic E-state index is 12.3. The quantitative estimate of drug-likeness (QED) is 0.788. The average molecular weight is 325 g/mol. The molecule has 2 aromatic rings. The van der Waals surface area contributed by atoms with Crippen molar-refractivity contribution in [1.82, 2.24) is 15.1 Å². The summed E-state index contributed by atoms with van der Waals surface area (Å²) in [7, 11) is 1.63. The highest BCUT2D eigenvalue weighted by Crippen LogP contribution is 2.17. The fraction of sp³-hybridized carbons (Fsp3) is 0.278. The maximum Gasteiger partial charge on any atom is 0.246 e. The van der Waals surface area contributed by atoms with E-state index in [1.54, 1.807) is 42.5 Å². The Hall–Kier alpha value is -2.89. The Labute approximate surface area is 140 Å². The Bertz CT molecular complexity index is 701. The normalized spacial score (nSPS) is 17.2. The van der Waals surface area contributed by atoms with E-state index in [1.807, 2.05) is 24.3 Å². The number of likely N-dealkylation sites (tertiary alicyclic amines) is 1. The number of nitrogens with zero attached hydrogens (tertiary/aromatic N) is 3. The maximum absolute atomic E-state index is 12.3. The zero-order valence-electron chi connectivity index (χ0n) is 13.5. The zero-order valence-corrected chi connectivity index (χ0v) is 13.5. The number of benzene rings is 1. The van der Waals surface area contributed by atoms with Gasteiger partial charge in [-0.2, -0.15) is 5.10 Å². The second kappa shape index (κ2) is 7.59. The predicted molar refractivity (Wildman–Crippen MR) is 89.7 cm³/mol. The van der Waals surface area contributed by atoms with Gasteiger partial charge in [0.15, 0.2) is 0 Å². The van der Waals surface area contributed by atoms with E-state index in [1.165, 1.54) is 0 Å². The standard InChI is InChI=1S/C18H19N3O3/c1-23-15-7-4-14(5-8-15)6-9-18(22)21-12-10-16(13-21)24-17-3-2-11-19-20-17/h2-9,11,16H,10,12-13H2,1H3/b9-6+. The SMILES string of the molecule is COc1ccc(/C=C/C(=O)N2CCC(Oc3cccnn3)C2)cc1. The highest BCUT2D eigenvalue weighted by atomic mass is 16.5. The molecule has 1 aliphatic rings. The van der Waals surface area contributed by atoms with Gasteiger partial charge in [-0.3, -0.25) is 4.79 Å². The topological polar surface area (TPSA) is 64.5 Å². The Morgan fingerprint density at radius 1 is 1.29 bits per heavy atom. The number of ether oxygens (including phenoxy) is 2. The largest absolute Gasteiger partial charge is 0.497 e. The molecule has 1 atom stereocenters. The van der Waals surface area contributed by atoms with Crippen LogP contribution in [0.5, 0.6) is 11.6 Å². The van der Waals surface area contributed by atoms with Gasteiger partial charge in [-0.05, 0) is 29.8 Å². The van der Waals surface area contributed by atoms with Crippen LogP contribution in [-0.2, 0) is 4.79 Å².